The third kappa shape index (κ3) is 3.38. The van der Waals surface area contributed by atoms with Gasteiger partial charge in [0.15, 0.2) is 11.5 Å². The maximum atomic E-state index is 12.4. The number of carbonyl (C=O) groups is 1. The maximum absolute atomic E-state index is 12.4. The smallest absolute Gasteiger partial charge is 0.401 e. The molecule has 0 radical (unpaired) electrons. The number of ether oxygens (including phenoxy) is 2. The minimum atomic E-state index is -4.45. The summed E-state index contributed by atoms with van der Waals surface area (Å²) < 4.78 is 47.8. The summed E-state index contributed by atoms with van der Waals surface area (Å²) in [7, 11) is 0. The zero-order chi connectivity index (χ0) is 15.7. The van der Waals surface area contributed by atoms with Gasteiger partial charge in [-0.2, -0.15) is 13.2 Å². The highest BCUT2D eigenvalue weighted by Gasteiger charge is 2.38. The van der Waals surface area contributed by atoms with Crippen LogP contribution in [0.3, 0.4) is 0 Å². The van der Waals surface area contributed by atoms with Crippen LogP contribution in [0.5, 0.6) is 11.5 Å². The van der Waals surface area contributed by atoms with Crippen molar-refractivity contribution in [2.45, 2.75) is 18.6 Å². The molecule has 5 nitrogen and oxygen atoms in total. The van der Waals surface area contributed by atoms with Crippen molar-refractivity contribution in [1.29, 1.82) is 0 Å². The summed E-state index contributed by atoms with van der Waals surface area (Å²) in [4.78, 5) is 11.6. The topological polar surface area (TPSA) is 73.6 Å². The number of primary amides is 1. The van der Waals surface area contributed by atoms with E-state index in [1.165, 1.54) is 19.1 Å². The molecule has 21 heavy (non-hydrogen) atoms. The van der Waals surface area contributed by atoms with Gasteiger partial charge in [0.25, 0.3) is 0 Å². The van der Waals surface area contributed by atoms with Crippen LogP contribution < -0.4 is 20.5 Å². The molecule has 1 aromatic carbocycles. The Balaban J connectivity index is 2.31. The lowest BCUT2D eigenvalue weighted by Crippen LogP contribution is -2.53. The number of hydrogen-bond acceptors (Lipinski definition) is 4. The van der Waals surface area contributed by atoms with Crippen molar-refractivity contribution >= 4 is 5.91 Å². The summed E-state index contributed by atoms with van der Waals surface area (Å²) in [6.07, 6.45) is -4.45. The maximum Gasteiger partial charge on any atom is 0.401 e. The first kappa shape index (κ1) is 15.4. The van der Waals surface area contributed by atoms with E-state index in [-0.39, 0.29) is 5.56 Å². The van der Waals surface area contributed by atoms with Crippen LogP contribution in [0.2, 0.25) is 0 Å². The van der Waals surface area contributed by atoms with E-state index in [9.17, 15) is 18.0 Å². The molecule has 1 atom stereocenters. The number of rotatable bonds is 4. The van der Waals surface area contributed by atoms with Crippen LogP contribution >= 0.6 is 0 Å². The van der Waals surface area contributed by atoms with Gasteiger partial charge in [-0.25, -0.2) is 0 Å². The van der Waals surface area contributed by atoms with Gasteiger partial charge in [0, 0.05) is 0 Å². The fraction of sp³-hybridized carbons (Fsp3) is 0.462. The van der Waals surface area contributed by atoms with E-state index in [1.807, 2.05) is 0 Å². The second kappa shape index (κ2) is 5.44. The van der Waals surface area contributed by atoms with Crippen LogP contribution in [-0.2, 0) is 10.3 Å². The number of alkyl halides is 3. The number of amides is 1. The number of carbonyl (C=O) groups excluding carboxylic acids is 1. The van der Waals surface area contributed by atoms with Crippen LogP contribution in [0.25, 0.3) is 0 Å². The van der Waals surface area contributed by atoms with E-state index in [2.05, 4.69) is 5.32 Å². The van der Waals surface area contributed by atoms with Crippen molar-refractivity contribution < 1.29 is 27.4 Å². The Morgan fingerprint density at radius 1 is 1.29 bits per heavy atom. The fourth-order valence-electron chi connectivity index (χ4n) is 1.96. The van der Waals surface area contributed by atoms with Gasteiger partial charge in [-0.05, 0) is 24.6 Å². The highest BCUT2D eigenvalue weighted by Crippen LogP contribution is 2.34. The Bertz CT molecular complexity index is 548. The minimum absolute atomic E-state index is 0.281. The molecule has 0 bridgehead atoms. The van der Waals surface area contributed by atoms with Gasteiger partial charge in [-0.3, -0.25) is 10.1 Å². The first-order valence-electron chi connectivity index (χ1n) is 6.24. The normalized spacial score (nSPS) is 17.1. The molecule has 1 aromatic rings. The third-order valence-electron chi connectivity index (χ3n) is 3.25. The molecule has 0 saturated carbocycles. The standard InChI is InChI=1S/C13H15F3N2O3/c1-12(11(17)19,18-7-13(14,15)16)8-2-3-9-10(6-8)21-5-4-20-9/h2-3,6,18H,4-5,7H2,1H3,(H2,17,19). The number of hydrogen-bond donors (Lipinski definition) is 2. The number of fused-ring (bicyclic) bond motifs is 1. The number of nitrogens with one attached hydrogen (secondary N) is 1. The molecule has 1 aliphatic heterocycles. The highest BCUT2D eigenvalue weighted by atomic mass is 19.4. The SMILES string of the molecule is CC(NCC(F)(F)F)(C(N)=O)c1ccc2c(c1)OCCO2. The summed E-state index contributed by atoms with van der Waals surface area (Å²) >= 11 is 0. The van der Waals surface area contributed by atoms with Crippen molar-refractivity contribution in [3.8, 4) is 11.5 Å². The second-order valence-corrected chi connectivity index (χ2v) is 4.82. The summed E-state index contributed by atoms with van der Waals surface area (Å²) in [5.41, 5.74) is 3.89. The first-order chi connectivity index (χ1) is 9.72. The molecular formula is C13H15F3N2O3. The van der Waals surface area contributed by atoms with Crippen LogP contribution in [0.15, 0.2) is 18.2 Å². The molecule has 116 valence electrons. The van der Waals surface area contributed by atoms with Crippen LogP contribution in [0.1, 0.15) is 12.5 Å². The quantitative estimate of drug-likeness (QED) is 0.879. The van der Waals surface area contributed by atoms with Gasteiger partial charge < -0.3 is 15.2 Å². The zero-order valence-corrected chi connectivity index (χ0v) is 11.3. The molecule has 1 unspecified atom stereocenters. The lowest BCUT2D eigenvalue weighted by Gasteiger charge is -2.30. The van der Waals surface area contributed by atoms with E-state index in [1.54, 1.807) is 6.07 Å². The molecule has 3 N–H and O–H groups in total. The monoisotopic (exact) mass is 304 g/mol. The predicted octanol–water partition coefficient (Wildman–Crippen LogP) is 1.31. The fourth-order valence-corrected chi connectivity index (χ4v) is 1.96. The van der Waals surface area contributed by atoms with Crippen molar-refractivity contribution in [1.82, 2.24) is 5.32 Å². The van der Waals surface area contributed by atoms with Crippen molar-refractivity contribution in [2.75, 3.05) is 19.8 Å². The van der Waals surface area contributed by atoms with Crippen LogP contribution in [-0.4, -0.2) is 31.8 Å². The van der Waals surface area contributed by atoms with E-state index in [4.69, 9.17) is 15.2 Å². The molecule has 0 aliphatic carbocycles. The van der Waals surface area contributed by atoms with Crippen molar-refractivity contribution in [2.24, 2.45) is 5.73 Å². The second-order valence-electron chi connectivity index (χ2n) is 4.82. The molecule has 8 heteroatoms. The van der Waals surface area contributed by atoms with Crippen molar-refractivity contribution in [3.63, 3.8) is 0 Å². The molecule has 1 heterocycles. The van der Waals surface area contributed by atoms with Gasteiger partial charge in [-0.15, -0.1) is 0 Å². The largest absolute Gasteiger partial charge is 0.486 e. The van der Waals surface area contributed by atoms with Gasteiger partial charge in [0.1, 0.15) is 18.8 Å². The van der Waals surface area contributed by atoms with Gasteiger partial charge in [0.2, 0.25) is 5.91 Å². The summed E-state index contributed by atoms with van der Waals surface area (Å²) in [5, 5.41) is 2.16. The van der Waals surface area contributed by atoms with Gasteiger partial charge in [0.05, 0.1) is 6.54 Å². The average Bonchev–Trinajstić information content (AvgIpc) is 2.43. The lowest BCUT2D eigenvalue weighted by atomic mass is 9.90. The van der Waals surface area contributed by atoms with E-state index < -0.39 is 24.2 Å². The number of halogens is 3. The Morgan fingerprint density at radius 2 is 1.90 bits per heavy atom. The molecule has 2 rings (SSSR count). The molecule has 0 saturated heterocycles. The van der Waals surface area contributed by atoms with Crippen LogP contribution in [0, 0.1) is 0 Å². The molecule has 0 aromatic heterocycles. The average molecular weight is 304 g/mol. The third-order valence-corrected chi connectivity index (χ3v) is 3.25. The molecule has 1 amide bonds. The van der Waals surface area contributed by atoms with Gasteiger partial charge in [-0.1, -0.05) is 6.07 Å². The Morgan fingerprint density at radius 3 is 2.48 bits per heavy atom. The molecule has 1 aliphatic rings. The lowest BCUT2D eigenvalue weighted by molar-refractivity contribution is -0.135. The Labute approximate surface area is 119 Å². The molecular weight excluding hydrogens is 289 g/mol. The number of benzene rings is 1. The molecule has 0 fully saturated rings. The van der Waals surface area contributed by atoms with E-state index in [0.717, 1.165) is 0 Å². The zero-order valence-electron chi connectivity index (χ0n) is 11.3. The van der Waals surface area contributed by atoms with Crippen LogP contribution in [0.4, 0.5) is 13.2 Å². The summed E-state index contributed by atoms with van der Waals surface area (Å²) in [5.74, 6) is -0.0592. The van der Waals surface area contributed by atoms with E-state index in [0.29, 0.717) is 24.7 Å². The minimum Gasteiger partial charge on any atom is -0.486 e. The van der Waals surface area contributed by atoms with E-state index >= 15 is 0 Å². The predicted molar refractivity (Wildman–Crippen MR) is 68.0 cm³/mol. The van der Waals surface area contributed by atoms with Crippen molar-refractivity contribution in [3.05, 3.63) is 23.8 Å². The number of nitrogens with two attached hydrogens (primary N) is 1. The first-order valence-corrected chi connectivity index (χ1v) is 6.24. The summed E-state index contributed by atoms with van der Waals surface area (Å²) in [6, 6.07) is 4.49. The Kier molecular flexibility index (Phi) is 3.99. The highest BCUT2D eigenvalue weighted by molar-refractivity contribution is 5.86. The van der Waals surface area contributed by atoms with Gasteiger partial charge >= 0.3 is 6.18 Å². The summed E-state index contributed by atoms with van der Waals surface area (Å²) in [6.45, 7) is 0.693. The molecule has 0 spiro atoms. The Hall–Kier alpha value is -1.96.